The molecule has 1 saturated heterocycles. The minimum absolute atomic E-state index is 0.149. The zero-order chi connectivity index (χ0) is 24.5. The van der Waals surface area contributed by atoms with E-state index in [2.05, 4.69) is 10.1 Å². The number of amides is 3. The lowest BCUT2D eigenvalue weighted by molar-refractivity contribution is -0.274. The van der Waals surface area contributed by atoms with E-state index in [1.807, 2.05) is 0 Å². The number of anilines is 1. The van der Waals surface area contributed by atoms with Gasteiger partial charge in [0.15, 0.2) is 5.78 Å². The van der Waals surface area contributed by atoms with Gasteiger partial charge in [-0.05, 0) is 48.7 Å². The van der Waals surface area contributed by atoms with Crippen molar-refractivity contribution in [3.63, 3.8) is 0 Å². The minimum Gasteiger partial charge on any atom is -0.406 e. The number of pyridine rings is 1. The van der Waals surface area contributed by atoms with Crippen LogP contribution in [0.25, 0.3) is 5.52 Å². The second-order valence-electron chi connectivity index (χ2n) is 7.88. The Morgan fingerprint density at radius 2 is 1.91 bits per heavy atom. The number of carbonyl (C=O) groups is 3. The second kappa shape index (κ2) is 9.08. The van der Waals surface area contributed by atoms with Crippen molar-refractivity contribution in [2.45, 2.75) is 31.7 Å². The molecule has 0 saturated carbocycles. The van der Waals surface area contributed by atoms with Crippen LogP contribution in [0.2, 0.25) is 0 Å². The summed E-state index contributed by atoms with van der Waals surface area (Å²) in [4.78, 5) is 39.1. The number of halogens is 3. The summed E-state index contributed by atoms with van der Waals surface area (Å²) in [6, 6.07) is 10.6. The third-order valence-electron chi connectivity index (χ3n) is 5.57. The van der Waals surface area contributed by atoms with E-state index in [-0.39, 0.29) is 17.8 Å². The highest BCUT2D eigenvalue weighted by Gasteiger charge is 2.35. The van der Waals surface area contributed by atoms with Gasteiger partial charge in [0.05, 0.1) is 17.1 Å². The lowest BCUT2D eigenvalue weighted by atomic mass is 10.0. The van der Waals surface area contributed by atoms with Crippen LogP contribution in [-0.2, 0) is 11.2 Å². The predicted octanol–water partition coefficient (Wildman–Crippen LogP) is 3.74. The van der Waals surface area contributed by atoms with Crippen molar-refractivity contribution in [1.29, 1.82) is 0 Å². The summed E-state index contributed by atoms with van der Waals surface area (Å²) in [5, 5.41) is 2.73. The highest BCUT2D eigenvalue weighted by atomic mass is 19.4. The number of carbonyl (C=O) groups excluding carboxylic acids is 3. The van der Waals surface area contributed by atoms with E-state index in [1.165, 1.54) is 23.1 Å². The minimum atomic E-state index is -4.83. The smallest absolute Gasteiger partial charge is 0.406 e. The van der Waals surface area contributed by atoms with Crippen LogP contribution in [-0.4, -0.2) is 46.0 Å². The summed E-state index contributed by atoms with van der Waals surface area (Å²) in [6.45, 7) is 0.339. The zero-order valence-electron chi connectivity index (χ0n) is 17.8. The molecule has 4 rings (SSSR count). The van der Waals surface area contributed by atoms with Gasteiger partial charge in [0.1, 0.15) is 11.6 Å². The summed E-state index contributed by atoms with van der Waals surface area (Å²) >= 11 is 0. The zero-order valence-corrected chi connectivity index (χ0v) is 17.8. The van der Waals surface area contributed by atoms with Crippen molar-refractivity contribution in [3.05, 3.63) is 65.9 Å². The Balaban J connectivity index is 1.48. The number of nitrogens with one attached hydrogen (secondary N) is 1. The number of alkyl halides is 3. The first-order valence-electron chi connectivity index (χ1n) is 10.5. The molecule has 3 N–H and O–H groups in total. The molecule has 0 radical (unpaired) electrons. The van der Waals surface area contributed by atoms with Gasteiger partial charge in [-0.25, -0.2) is 4.79 Å². The van der Waals surface area contributed by atoms with Gasteiger partial charge in [-0.3, -0.25) is 14.9 Å². The Hall–Kier alpha value is -4.02. The lowest BCUT2D eigenvalue weighted by Crippen LogP contribution is -2.43. The first-order valence-corrected chi connectivity index (χ1v) is 10.5. The molecule has 1 aromatic carbocycles. The van der Waals surface area contributed by atoms with Crippen molar-refractivity contribution in [1.82, 2.24) is 9.30 Å². The fourth-order valence-corrected chi connectivity index (χ4v) is 4.14. The summed E-state index contributed by atoms with van der Waals surface area (Å²) in [6.07, 6.45) is -2.28. The molecule has 34 heavy (non-hydrogen) atoms. The van der Waals surface area contributed by atoms with Crippen molar-refractivity contribution >= 4 is 29.1 Å². The van der Waals surface area contributed by atoms with E-state index < -0.39 is 30.1 Å². The maximum atomic E-state index is 13.0. The number of nitrogens with zero attached hydrogens (tertiary/aromatic N) is 2. The number of hydrogen-bond donors (Lipinski definition) is 2. The molecule has 3 heterocycles. The van der Waals surface area contributed by atoms with Crippen molar-refractivity contribution in [2.24, 2.45) is 5.73 Å². The van der Waals surface area contributed by atoms with Crippen molar-refractivity contribution < 1.29 is 32.3 Å². The number of rotatable bonds is 6. The number of primary amides is 1. The molecule has 3 amide bonds. The number of benzene rings is 1. The number of ketones is 1. The van der Waals surface area contributed by atoms with Crippen LogP contribution in [0.4, 0.5) is 23.8 Å². The number of ether oxygens (including phenoxy) is 1. The van der Waals surface area contributed by atoms with Crippen LogP contribution in [0.3, 0.4) is 0 Å². The predicted molar refractivity (Wildman–Crippen MR) is 116 cm³/mol. The molecule has 3 aromatic rings. The Morgan fingerprint density at radius 3 is 2.65 bits per heavy atom. The lowest BCUT2D eigenvalue weighted by Gasteiger charge is -2.24. The van der Waals surface area contributed by atoms with Crippen molar-refractivity contribution in [2.75, 3.05) is 11.9 Å². The van der Waals surface area contributed by atoms with E-state index in [4.69, 9.17) is 5.73 Å². The van der Waals surface area contributed by atoms with Crippen LogP contribution in [0, 0.1) is 0 Å². The quantitative estimate of drug-likeness (QED) is 0.568. The summed E-state index contributed by atoms with van der Waals surface area (Å²) in [5.74, 6) is -1.03. The van der Waals surface area contributed by atoms with Gasteiger partial charge in [0, 0.05) is 19.2 Å². The van der Waals surface area contributed by atoms with E-state index in [1.54, 1.807) is 28.8 Å². The average Bonchev–Trinajstić information content (AvgIpc) is 3.38. The number of nitrogens with two attached hydrogens (primary N) is 1. The molecule has 1 aliphatic rings. The highest BCUT2D eigenvalue weighted by Crippen LogP contribution is 2.26. The van der Waals surface area contributed by atoms with E-state index >= 15 is 0 Å². The molecule has 1 atom stereocenters. The molecule has 11 heteroatoms. The Kier molecular flexibility index (Phi) is 6.18. The molecular formula is C23H21F3N4O4. The second-order valence-corrected chi connectivity index (χ2v) is 7.88. The molecule has 2 aromatic heterocycles. The van der Waals surface area contributed by atoms with Crippen LogP contribution < -0.4 is 15.8 Å². The number of urea groups is 1. The third kappa shape index (κ3) is 4.98. The number of fused-ring (bicyclic) bond motifs is 1. The molecular weight excluding hydrogens is 453 g/mol. The molecule has 1 aliphatic heterocycles. The average molecular weight is 474 g/mol. The Labute approximate surface area is 192 Å². The highest BCUT2D eigenvalue weighted by molar-refractivity contribution is 6.03. The van der Waals surface area contributed by atoms with Gasteiger partial charge in [-0.15, -0.1) is 13.2 Å². The van der Waals surface area contributed by atoms with Crippen LogP contribution in [0.5, 0.6) is 5.75 Å². The molecule has 0 aliphatic carbocycles. The molecule has 0 bridgehead atoms. The van der Waals surface area contributed by atoms with E-state index in [0.29, 0.717) is 36.3 Å². The normalized spacial score (nSPS) is 16.0. The summed E-state index contributed by atoms with van der Waals surface area (Å²) in [7, 11) is 0. The summed E-state index contributed by atoms with van der Waals surface area (Å²) in [5.41, 5.74) is 6.55. The number of aromatic nitrogens is 1. The topological polar surface area (TPSA) is 106 Å². The maximum Gasteiger partial charge on any atom is 0.573 e. The number of hydrogen-bond acceptors (Lipinski definition) is 4. The van der Waals surface area contributed by atoms with Crippen LogP contribution in [0.15, 0.2) is 54.7 Å². The van der Waals surface area contributed by atoms with Gasteiger partial charge in [0.2, 0.25) is 0 Å². The van der Waals surface area contributed by atoms with Gasteiger partial charge in [-0.2, -0.15) is 0 Å². The first kappa shape index (κ1) is 23.1. The van der Waals surface area contributed by atoms with E-state index in [0.717, 1.165) is 12.1 Å². The van der Waals surface area contributed by atoms with Gasteiger partial charge in [0.25, 0.3) is 5.91 Å². The van der Waals surface area contributed by atoms with Gasteiger partial charge in [-0.1, -0.05) is 18.2 Å². The Morgan fingerprint density at radius 1 is 1.12 bits per heavy atom. The summed E-state index contributed by atoms with van der Waals surface area (Å²) < 4.78 is 42.9. The molecule has 0 unspecified atom stereocenters. The molecule has 8 nitrogen and oxygen atoms in total. The van der Waals surface area contributed by atoms with Crippen LogP contribution >= 0.6 is 0 Å². The van der Waals surface area contributed by atoms with Crippen LogP contribution in [0.1, 0.15) is 28.8 Å². The number of likely N-dealkylation sites (tertiary alicyclic amines) is 1. The Bertz CT molecular complexity index is 1250. The molecule has 178 valence electrons. The molecule has 1 fully saturated rings. The molecule has 0 spiro atoms. The number of Topliss-reactive ketones (excluding diaryl/α,β-unsaturated/α-hetero) is 1. The largest absolute Gasteiger partial charge is 0.573 e. The monoisotopic (exact) mass is 474 g/mol. The fourth-order valence-electron chi connectivity index (χ4n) is 4.14. The SMILES string of the molecule is NC(=O)c1cc(NC(=O)N2CCC[C@H]2C(=O)Cc2cccc(OC(F)(F)F)c2)n2ccccc12. The standard InChI is InChI=1S/C23H21F3N4O4/c24-23(25,26)34-15-6-3-5-14(11-15)12-19(31)18-8-4-10-30(18)22(33)28-20-13-16(21(27)32)17-7-1-2-9-29(17)20/h1-3,5-7,9,11,13,18H,4,8,10,12H2,(H2,27,32)(H,28,33)/t18-/m0/s1. The fraction of sp³-hybridized carbons (Fsp3) is 0.261. The third-order valence-corrected chi connectivity index (χ3v) is 5.57. The van der Waals surface area contributed by atoms with E-state index in [9.17, 15) is 27.6 Å². The van der Waals surface area contributed by atoms with Gasteiger partial charge >= 0.3 is 12.4 Å². The van der Waals surface area contributed by atoms with Crippen molar-refractivity contribution in [3.8, 4) is 5.75 Å². The first-order chi connectivity index (χ1) is 16.1. The maximum absolute atomic E-state index is 13.0. The van der Waals surface area contributed by atoms with Gasteiger partial charge < -0.3 is 19.8 Å².